The lowest BCUT2D eigenvalue weighted by Crippen LogP contribution is -2.57. The summed E-state index contributed by atoms with van der Waals surface area (Å²) < 4.78 is 13.9. The van der Waals surface area contributed by atoms with Gasteiger partial charge in [0.05, 0.1) is 24.0 Å². The summed E-state index contributed by atoms with van der Waals surface area (Å²) in [5, 5.41) is 50.8. The van der Waals surface area contributed by atoms with Crippen LogP contribution >= 0.6 is 11.8 Å². The van der Waals surface area contributed by atoms with E-state index < -0.39 is 42.0 Å². The number of H-pyrrole nitrogens is 1. The first-order chi connectivity index (χ1) is 21.1. The Morgan fingerprint density at radius 2 is 1.69 bits per heavy atom. The Balaban J connectivity index is 0.000000302. The standard InChI is InChI=1S/C26H32FN3OS.C6H8O7/c1-30(2)16-18-15-25(11-12-26(18,31)17-4-7-20(32-3)8-5-17)24-22(10-13-28-25)21-9-6-19(27)14-23(21)29-24;7-3(8)1-6(13,5(11)12)2-4(9)10/h4-9,14,18,28-29,31H,10-13,15-16H2,1-3H3;13H,1-2H2,(H,7,8)(H,9,10)(H,11,12). The molecule has 2 aromatic carbocycles. The Morgan fingerprint density at radius 3 is 2.24 bits per heavy atom. The highest BCUT2D eigenvalue weighted by molar-refractivity contribution is 7.98. The van der Waals surface area contributed by atoms with Crippen molar-refractivity contribution >= 4 is 40.6 Å². The summed E-state index contributed by atoms with van der Waals surface area (Å²) in [6.45, 7) is 1.70. The normalized spacial score (nSPS) is 23.0. The van der Waals surface area contributed by atoms with Crippen LogP contribution in [0, 0.1) is 11.7 Å². The third-order valence-corrected chi connectivity index (χ3v) is 9.59. The number of aliphatic hydroxyl groups is 2. The van der Waals surface area contributed by atoms with Gasteiger partial charge in [-0.2, -0.15) is 0 Å². The molecule has 7 N–H and O–H groups in total. The third-order valence-electron chi connectivity index (χ3n) is 8.85. The second-order valence-electron chi connectivity index (χ2n) is 12.2. The van der Waals surface area contributed by atoms with Gasteiger partial charge in [0.2, 0.25) is 0 Å². The van der Waals surface area contributed by atoms with E-state index in [9.17, 15) is 23.9 Å². The zero-order valence-corrected chi connectivity index (χ0v) is 26.3. The molecular weight excluding hydrogens is 605 g/mol. The van der Waals surface area contributed by atoms with Crippen molar-refractivity contribution in [1.82, 2.24) is 15.2 Å². The summed E-state index contributed by atoms with van der Waals surface area (Å²) in [5.74, 6) is -5.17. The van der Waals surface area contributed by atoms with Crippen LogP contribution in [0.25, 0.3) is 10.9 Å². The highest BCUT2D eigenvalue weighted by atomic mass is 32.2. The Labute approximate surface area is 264 Å². The van der Waals surface area contributed by atoms with Gasteiger partial charge in [0, 0.05) is 40.5 Å². The lowest BCUT2D eigenvalue weighted by Gasteiger charge is -2.51. The molecule has 3 aromatic rings. The van der Waals surface area contributed by atoms with E-state index in [0.717, 1.165) is 48.8 Å². The van der Waals surface area contributed by atoms with E-state index in [1.54, 1.807) is 23.9 Å². The minimum Gasteiger partial charge on any atom is -0.481 e. The van der Waals surface area contributed by atoms with Gasteiger partial charge in [-0.05, 0) is 87.5 Å². The lowest BCUT2D eigenvalue weighted by atomic mass is 9.62. The number of rotatable bonds is 9. The number of thioether (sulfide) groups is 1. The first-order valence-electron chi connectivity index (χ1n) is 14.6. The number of benzene rings is 2. The van der Waals surface area contributed by atoms with Gasteiger partial charge in [-0.25, -0.2) is 9.18 Å². The summed E-state index contributed by atoms with van der Waals surface area (Å²) in [6.07, 6.45) is 3.06. The largest absolute Gasteiger partial charge is 0.481 e. The van der Waals surface area contributed by atoms with E-state index in [1.807, 2.05) is 6.07 Å². The molecule has 244 valence electrons. The highest BCUT2D eigenvalue weighted by Crippen LogP contribution is 2.51. The number of nitrogens with one attached hydrogen (secondary N) is 2. The molecule has 3 unspecified atom stereocenters. The van der Waals surface area contributed by atoms with Crippen LogP contribution < -0.4 is 5.32 Å². The molecule has 0 radical (unpaired) electrons. The fourth-order valence-corrected chi connectivity index (χ4v) is 7.14. The number of hydrogen-bond donors (Lipinski definition) is 7. The fourth-order valence-electron chi connectivity index (χ4n) is 6.73. The van der Waals surface area contributed by atoms with Crippen molar-refractivity contribution in [3.05, 3.63) is 65.1 Å². The highest BCUT2D eigenvalue weighted by Gasteiger charge is 2.52. The summed E-state index contributed by atoms with van der Waals surface area (Å²) in [7, 11) is 4.15. The molecule has 1 aliphatic carbocycles. The average Bonchev–Trinajstić information content (AvgIpc) is 3.33. The van der Waals surface area contributed by atoms with Gasteiger partial charge in [0.15, 0.2) is 5.60 Å². The molecule has 1 aromatic heterocycles. The molecule has 1 spiro atoms. The molecule has 0 bridgehead atoms. The van der Waals surface area contributed by atoms with Gasteiger partial charge >= 0.3 is 17.9 Å². The van der Waals surface area contributed by atoms with E-state index in [1.165, 1.54) is 16.2 Å². The van der Waals surface area contributed by atoms with Crippen LogP contribution in [-0.2, 0) is 31.9 Å². The van der Waals surface area contributed by atoms with Crippen molar-refractivity contribution in [1.29, 1.82) is 0 Å². The molecule has 0 amide bonds. The van der Waals surface area contributed by atoms with E-state index >= 15 is 0 Å². The Morgan fingerprint density at radius 1 is 1.04 bits per heavy atom. The van der Waals surface area contributed by atoms with Crippen LogP contribution in [-0.4, -0.2) is 92.4 Å². The minimum absolute atomic E-state index is 0.0629. The summed E-state index contributed by atoms with van der Waals surface area (Å²) in [5.41, 5.74) is 0.531. The number of nitrogens with zero attached hydrogens (tertiary/aromatic N) is 1. The van der Waals surface area contributed by atoms with Gasteiger partial charge in [0.1, 0.15) is 5.82 Å². The summed E-state index contributed by atoms with van der Waals surface area (Å²) >= 11 is 1.72. The molecule has 5 rings (SSSR count). The number of fused-ring (bicyclic) bond motifs is 4. The van der Waals surface area contributed by atoms with E-state index in [2.05, 4.69) is 59.8 Å². The molecule has 1 saturated carbocycles. The first-order valence-corrected chi connectivity index (χ1v) is 15.8. The first kappa shape index (κ1) is 34.4. The molecule has 13 heteroatoms. The van der Waals surface area contributed by atoms with Crippen molar-refractivity contribution in [2.75, 3.05) is 33.4 Å². The summed E-state index contributed by atoms with van der Waals surface area (Å²) in [4.78, 5) is 37.4. The third kappa shape index (κ3) is 7.33. The topological polar surface area (TPSA) is 183 Å². The van der Waals surface area contributed by atoms with Gasteiger partial charge < -0.3 is 40.7 Å². The Kier molecular flexibility index (Phi) is 10.3. The Hall–Kier alpha value is -3.49. The van der Waals surface area contributed by atoms with Crippen LogP contribution in [0.3, 0.4) is 0 Å². The van der Waals surface area contributed by atoms with Gasteiger partial charge in [0.25, 0.3) is 0 Å². The van der Waals surface area contributed by atoms with Gasteiger partial charge in [-0.15, -0.1) is 11.8 Å². The fraction of sp³-hybridized carbons (Fsp3) is 0.469. The molecule has 2 aliphatic rings. The van der Waals surface area contributed by atoms with Crippen molar-refractivity contribution in [3.8, 4) is 0 Å². The van der Waals surface area contributed by atoms with Gasteiger partial charge in [-0.3, -0.25) is 9.59 Å². The average molecular weight is 646 g/mol. The maximum absolute atomic E-state index is 13.9. The van der Waals surface area contributed by atoms with Crippen molar-refractivity contribution < 1.29 is 44.3 Å². The van der Waals surface area contributed by atoms with E-state index in [-0.39, 0.29) is 17.3 Å². The number of aromatic nitrogens is 1. The maximum atomic E-state index is 13.9. The molecule has 45 heavy (non-hydrogen) atoms. The number of aliphatic carboxylic acids is 3. The van der Waals surface area contributed by atoms with E-state index in [4.69, 9.17) is 20.4 Å². The molecular formula is C32H40FN3O8S. The van der Waals surface area contributed by atoms with Crippen LogP contribution in [0.4, 0.5) is 4.39 Å². The smallest absolute Gasteiger partial charge is 0.336 e. The predicted molar refractivity (Wildman–Crippen MR) is 167 cm³/mol. The van der Waals surface area contributed by atoms with Crippen LogP contribution in [0.1, 0.15) is 48.9 Å². The number of aromatic amines is 1. The molecule has 11 nitrogen and oxygen atoms in total. The predicted octanol–water partition coefficient (Wildman–Crippen LogP) is 3.37. The summed E-state index contributed by atoms with van der Waals surface area (Å²) in [6, 6.07) is 13.5. The maximum Gasteiger partial charge on any atom is 0.336 e. The van der Waals surface area contributed by atoms with Crippen molar-refractivity contribution in [2.45, 2.75) is 60.2 Å². The zero-order chi connectivity index (χ0) is 33.2. The Bertz CT molecular complexity index is 1550. The lowest BCUT2D eigenvalue weighted by molar-refractivity contribution is -0.170. The monoisotopic (exact) mass is 645 g/mol. The number of hydrogen-bond acceptors (Lipinski definition) is 8. The SMILES string of the molecule is CSc1ccc(C2(O)CCC3(CC2CN(C)C)NCCc2c3[nH]c3cc(F)ccc23)cc1.O=C(O)CC(O)(CC(=O)O)C(=O)O. The second-order valence-corrected chi connectivity index (χ2v) is 13.1. The van der Waals surface area contributed by atoms with Crippen LogP contribution in [0.5, 0.6) is 0 Å². The number of halogens is 1. The van der Waals surface area contributed by atoms with Crippen molar-refractivity contribution in [2.24, 2.45) is 5.92 Å². The van der Waals surface area contributed by atoms with Crippen LogP contribution in [0.15, 0.2) is 47.4 Å². The minimum atomic E-state index is -2.74. The zero-order valence-electron chi connectivity index (χ0n) is 25.5. The number of carboxylic acid groups (broad SMARTS) is 3. The molecule has 2 heterocycles. The second kappa shape index (κ2) is 13.5. The molecule has 0 saturated heterocycles. The number of carboxylic acids is 3. The molecule has 3 atom stereocenters. The molecule has 1 aliphatic heterocycles. The van der Waals surface area contributed by atoms with Gasteiger partial charge in [-0.1, -0.05) is 12.1 Å². The van der Waals surface area contributed by atoms with E-state index in [0.29, 0.717) is 6.42 Å². The molecule has 1 fully saturated rings. The van der Waals surface area contributed by atoms with Crippen LogP contribution in [0.2, 0.25) is 0 Å². The quantitative estimate of drug-likeness (QED) is 0.169. The number of carbonyl (C=O) groups is 3. The van der Waals surface area contributed by atoms with Crippen molar-refractivity contribution in [3.63, 3.8) is 0 Å².